The van der Waals surface area contributed by atoms with Crippen molar-refractivity contribution in [3.63, 3.8) is 0 Å². The van der Waals surface area contributed by atoms with E-state index in [-0.39, 0.29) is 31.4 Å². The molecule has 0 spiro atoms. The smallest absolute Gasteiger partial charge is 0.326 e. The van der Waals surface area contributed by atoms with Crippen LogP contribution in [0.2, 0.25) is 0 Å². The Morgan fingerprint density at radius 1 is 0.974 bits per heavy atom. The largest absolute Gasteiger partial charge is 0.480 e. The summed E-state index contributed by atoms with van der Waals surface area (Å²) >= 11 is 0. The van der Waals surface area contributed by atoms with Crippen LogP contribution in [0.4, 0.5) is 0 Å². The number of nitrogens with two attached hydrogens (primary N) is 4. The van der Waals surface area contributed by atoms with Gasteiger partial charge in [0.05, 0.1) is 6.54 Å². The predicted molar refractivity (Wildman–Crippen MR) is 145 cm³/mol. The first kappa shape index (κ1) is 33.6. The molecule has 0 unspecified atom stereocenters. The first-order chi connectivity index (χ1) is 18.4. The molecule has 0 saturated carbocycles. The van der Waals surface area contributed by atoms with E-state index in [0.29, 0.717) is 51.6 Å². The van der Waals surface area contributed by atoms with Crippen molar-refractivity contribution in [1.29, 1.82) is 0 Å². The first-order valence-electron chi connectivity index (χ1n) is 13.3. The molecule has 12 N–H and O–H groups in total. The first-order valence-corrected chi connectivity index (χ1v) is 13.3. The Morgan fingerprint density at radius 3 is 2.21 bits per heavy atom. The molecule has 0 aromatic heterocycles. The molecule has 0 aliphatic carbocycles. The summed E-state index contributed by atoms with van der Waals surface area (Å²) in [5, 5.41) is 17.3. The highest BCUT2D eigenvalue weighted by Crippen LogP contribution is 2.20. The van der Waals surface area contributed by atoms with Crippen LogP contribution >= 0.6 is 0 Å². The number of amides is 4. The van der Waals surface area contributed by atoms with Crippen molar-refractivity contribution in [2.75, 3.05) is 26.2 Å². The Bertz CT molecular complexity index is 878. The van der Waals surface area contributed by atoms with E-state index < -0.39 is 53.8 Å². The Labute approximate surface area is 228 Å². The molecule has 0 bridgehead atoms. The van der Waals surface area contributed by atoms with E-state index in [9.17, 15) is 29.1 Å². The molecule has 0 aromatic rings. The normalized spacial score (nSPS) is 17.2. The number of guanidine groups is 1. The average Bonchev–Trinajstić information content (AvgIpc) is 3.37. The lowest BCUT2D eigenvalue weighted by Crippen LogP contribution is -2.58. The lowest BCUT2D eigenvalue weighted by Gasteiger charge is -2.31. The van der Waals surface area contributed by atoms with Gasteiger partial charge in [-0.25, -0.2) is 4.79 Å². The van der Waals surface area contributed by atoms with Crippen LogP contribution in [0.15, 0.2) is 4.99 Å². The Kier molecular flexibility index (Phi) is 14.8. The van der Waals surface area contributed by atoms with Gasteiger partial charge in [0.1, 0.15) is 24.2 Å². The molecule has 1 rings (SSSR count). The quantitative estimate of drug-likeness (QED) is 0.0523. The fourth-order valence-corrected chi connectivity index (χ4v) is 4.31. The third-order valence-corrected chi connectivity index (χ3v) is 6.41. The number of carbonyl (C=O) groups is 5. The van der Waals surface area contributed by atoms with Crippen LogP contribution < -0.4 is 38.9 Å². The van der Waals surface area contributed by atoms with Crippen molar-refractivity contribution in [2.45, 2.75) is 83.0 Å². The Balaban J connectivity index is 2.93. The lowest BCUT2D eigenvalue weighted by atomic mass is 10.0. The van der Waals surface area contributed by atoms with E-state index in [1.54, 1.807) is 13.8 Å². The van der Waals surface area contributed by atoms with Crippen molar-refractivity contribution >= 4 is 35.6 Å². The molecule has 222 valence electrons. The highest BCUT2D eigenvalue weighted by atomic mass is 16.4. The van der Waals surface area contributed by atoms with Crippen molar-refractivity contribution in [3.05, 3.63) is 0 Å². The number of likely N-dealkylation sites (tertiary alicyclic amines) is 1. The van der Waals surface area contributed by atoms with Crippen LogP contribution in [0.25, 0.3) is 0 Å². The summed E-state index contributed by atoms with van der Waals surface area (Å²) in [6.45, 7) is 4.12. The third-order valence-electron chi connectivity index (χ3n) is 6.41. The van der Waals surface area contributed by atoms with Crippen molar-refractivity contribution in [2.24, 2.45) is 33.8 Å². The minimum absolute atomic E-state index is 0.0849. The summed E-state index contributed by atoms with van der Waals surface area (Å²) in [4.78, 5) is 68.4. The van der Waals surface area contributed by atoms with Gasteiger partial charge in [0.15, 0.2) is 5.96 Å². The summed E-state index contributed by atoms with van der Waals surface area (Å²) in [6, 6.07) is -3.92. The van der Waals surface area contributed by atoms with E-state index in [2.05, 4.69) is 20.9 Å². The van der Waals surface area contributed by atoms with E-state index in [0.717, 1.165) is 0 Å². The highest BCUT2D eigenvalue weighted by molar-refractivity contribution is 5.95. The maximum atomic E-state index is 13.3. The Morgan fingerprint density at radius 2 is 1.64 bits per heavy atom. The molecule has 1 aliphatic heterocycles. The number of aliphatic carboxylic acids is 1. The molecule has 39 heavy (non-hydrogen) atoms. The van der Waals surface area contributed by atoms with Gasteiger partial charge in [0.25, 0.3) is 0 Å². The van der Waals surface area contributed by atoms with Crippen molar-refractivity contribution < 1.29 is 29.1 Å². The standard InChI is InChI=1S/C24H45N9O6/c1-14(2)19(21(36)31-16(23(38)39)8-5-11-29-24(27)28)32-20(35)17-9-6-12-33(17)22(37)15(7-3-4-10-25)30-18(34)13-26/h14-17,19H,3-13,25-26H2,1-2H3,(H,30,34)(H,31,36)(H,32,35)(H,38,39)(H4,27,28,29)/t15-,16-,17-,19-/m0/s1. The van der Waals surface area contributed by atoms with Gasteiger partial charge in [-0.15, -0.1) is 0 Å². The second kappa shape index (κ2) is 17.2. The third kappa shape index (κ3) is 11.4. The number of carboxylic acids is 1. The van der Waals surface area contributed by atoms with E-state index >= 15 is 0 Å². The van der Waals surface area contributed by atoms with Gasteiger partial charge < -0.3 is 48.9 Å². The summed E-state index contributed by atoms with van der Waals surface area (Å²) in [5.74, 6) is -3.78. The topological polar surface area (TPSA) is 261 Å². The van der Waals surface area contributed by atoms with Gasteiger partial charge in [-0.1, -0.05) is 13.8 Å². The zero-order chi connectivity index (χ0) is 29.5. The molecule has 0 radical (unpaired) electrons. The fourth-order valence-electron chi connectivity index (χ4n) is 4.31. The lowest BCUT2D eigenvalue weighted by molar-refractivity contribution is -0.144. The zero-order valence-corrected chi connectivity index (χ0v) is 22.9. The van der Waals surface area contributed by atoms with Gasteiger partial charge in [-0.05, 0) is 57.4 Å². The highest BCUT2D eigenvalue weighted by Gasteiger charge is 2.39. The fraction of sp³-hybridized carbons (Fsp3) is 0.750. The molecule has 4 atom stereocenters. The number of carbonyl (C=O) groups excluding carboxylic acids is 4. The SMILES string of the molecule is CC(C)[C@H](NC(=O)[C@@H]1CCCN1C(=O)[C@H](CCCCN)NC(=O)CN)C(=O)N[C@@H](CCCN=C(N)N)C(=O)O. The summed E-state index contributed by atoms with van der Waals surface area (Å²) in [5.41, 5.74) is 21.5. The summed E-state index contributed by atoms with van der Waals surface area (Å²) in [7, 11) is 0. The van der Waals surface area contributed by atoms with Gasteiger partial charge in [-0.2, -0.15) is 0 Å². The minimum atomic E-state index is -1.23. The van der Waals surface area contributed by atoms with E-state index in [1.165, 1.54) is 4.90 Å². The second-order valence-electron chi connectivity index (χ2n) is 9.88. The zero-order valence-electron chi connectivity index (χ0n) is 22.9. The molecule has 1 fully saturated rings. The Hall–Kier alpha value is -3.46. The minimum Gasteiger partial charge on any atom is -0.480 e. The predicted octanol–water partition coefficient (Wildman–Crippen LogP) is -2.69. The maximum absolute atomic E-state index is 13.3. The molecule has 0 aromatic carbocycles. The molecule has 15 nitrogen and oxygen atoms in total. The van der Waals surface area contributed by atoms with Crippen LogP contribution in [0.1, 0.15) is 58.8 Å². The molecule has 15 heteroatoms. The summed E-state index contributed by atoms with van der Waals surface area (Å²) in [6.07, 6.45) is 2.98. The van der Waals surface area contributed by atoms with Crippen LogP contribution in [0, 0.1) is 5.92 Å². The number of nitrogens with one attached hydrogen (secondary N) is 3. The van der Waals surface area contributed by atoms with E-state index in [4.69, 9.17) is 22.9 Å². The number of nitrogens with zero attached hydrogens (tertiary/aromatic N) is 2. The second-order valence-corrected chi connectivity index (χ2v) is 9.88. The monoisotopic (exact) mass is 555 g/mol. The molecular formula is C24H45N9O6. The number of hydrogen-bond acceptors (Lipinski definition) is 8. The van der Waals surface area contributed by atoms with Gasteiger partial charge in [-0.3, -0.25) is 24.2 Å². The van der Waals surface area contributed by atoms with Crippen molar-refractivity contribution in [1.82, 2.24) is 20.9 Å². The van der Waals surface area contributed by atoms with Gasteiger partial charge in [0.2, 0.25) is 23.6 Å². The number of aliphatic imine (C=N–C) groups is 1. The average molecular weight is 556 g/mol. The van der Waals surface area contributed by atoms with Gasteiger partial charge in [0, 0.05) is 13.1 Å². The number of hydrogen-bond donors (Lipinski definition) is 8. The van der Waals surface area contributed by atoms with Crippen molar-refractivity contribution in [3.8, 4) is 0 Å². The van der Waals surface area contributed by atoms with E-state index in [1.807, 2.05) is 0 Å². The number of rotatable bonds is 17. The molecule has 1 saturated heterocycles. The van der Waals surface area contributed by atoms with Gasteiger partial charge >= 0.3 is 5.97 Å². The molecule has 4 amide bonds. The molecule has 1 aliphatic rings. The number of unbranched alkanes of at least 4 members (excludes halogenated alkanes) is 1. The molecular weight excluding hydrogens is 510 g/mol. The van der Waals surface area contributed by atoms with Crippen LogP contribution in [0.5, 0.6) is 0 Å². The summed E-state index contributed by atoms with van der Waals surface area (Å²) < 4.78 is 0. The maximum Gasteiger partial charge on any atom is 0.326 e. The van der Waals surface area contributed by atoms with Crippen LogP contribution in [-0.2, 0) is 24.0 Å². The van der Waals surface area contributed by atoms with Crippen LogP contribution in [-0.4, -0.2) is 95.9 Å². The number of carboxylic acid groups (broad SMARTS) is 1. The molecule has 1 heterocycles. The van der Waals surface area contributed by atoms with Crippen LogP contribution in [0.3, 0.4) is 0 Å².